The highest BCUT2D eigenvalue weighted by Crippen LogP contribution is 2.15. The number of nitrogens with two attached hydrogens (primary N) is 1. The predicted octanol–water partition coefficient (Wildman–Crippen LogP) is -0.191. The van der Waals surface area contributed by atoms with Crippen LogP contribution in [0.25, 0.3) is 0 Å². The van der Waals surface area contributed by atoms with E-state index in [4.69, 9.17) is 10.4 Å². The molecule has 1 heterocycles. The summed E-state index contributed by atoms with van der Waals surface area (Å²) in [7, 11) is -4.44. The second kappa shape index (κ2) is 4.72. The van der Waals surface area contributed by atoms with E-state index in [9.17, 15) is 8.42 Å². The summed E-state index contributed by atoms with van der Waals surface area (Å²) in [5.41, 5.74) is 1.06. The van der Waals surface area contributed by atoms with Crippen LogP contribution in [0.3, 0.4) is 0 Å². The van der Waals surface area contributed by atoms with Crippen molar-refractivity contribution in [3.8, 4) is 0 Å². The molecule has 0 fully saturated rings. The predicted molar refractivity (Wildman–Crippen MR) is 63.8 cm³/mol. The quantitative estimate of drug-likeness (QED) is 0.451. The zero-order valence-electron chi connectivity index (χ0n) is 9.21. The normalized spacial score (nSPS) is 11.4. The second-order valence-corrected chi connectivity index (χ2v) is 4.82. The Bertz CT molecular complexity index is 608. The molecule has 9 heteroatoms. The van der Waals surface area contributed by atoms with E-state index in [2.05, 4.69) is 10.1 Å². The van der Waals surface area contributed by atoms with Crippen LogP contribution in [0.1, 0.15) is 5.56 Å². The van der Waals surface area contributed by atoms with Gasteiger partial charge in [-0.15, -0.1) is 0 Å². The second-order valence-electron chi connectivity index (χ2n) is 3.53. The van der Waals surface area contributed by atoms with E-state index in [1.807, 2.05) is 0 Å². The zero-order valence-corrected chi connectivity index (χ0v) is 10.0. The van der Waals surface area contributed by atoms with E-state index in [0.717, 1.165) is 5.56 Å². The van der Waals surface area contributed by atoms with Gasteiger partial charge in [-0.1, -0.05) is 12.1 Å². The zero-order chi connectivity index (χ0) is 13.2. The van der Waals surface area contributed by atoms with E-state index in [0.29, 0.717) is 11.0 Å². The van der Waals surface area contributed by atoms with Gasteiger partial charge in [0.15, 0.2) is 0 Å². The highest BCUT2D eigenvalue weighted by atomic mass is 32.2. The van der Waals surface area contributed by atoms with Crippen molar-refractivity contribution in [1.82, 2.24) is 14.8 Å². The number of hydrazine groups is 1. The van der Waals surface area contributed by atoms with Gasteiger partial charge in [-0.25, -0.2) is 15.5 Å². The molecule has 8 nitrogen and oxygen atoms in total. The van der Waals surface area contributed by atoms with Gasteiger partial charge in [-0.2, -0.15) is 17.9 Å². The van der Waals surface area contributed by atoms with Crippen molar-refractivity contribution in [3.63, 3.8) is 0 Å². The van der Waals surface area contributed by atoms with Crippen LogP contribution in [0.15, 0.2) is 36.9 Å². The Labute approximate surface area is 104 Å². The summed E-state index contributed by atoms with van der Waals surface area (Å²) in [5.74, 6) is 5.23. The smallest absolute Gasteiger partial charge is 0.268 e. The first-order valence-electron chi connectivity index (χ1n) is 4.90. The van der Waals surface area contributed by atoms with Crippen LogP contribution in [-0.4, -0.2) is 27.7 Å². The molecule has 96 valence electrons. The molecule has 0 saturated carbocycles. The minimum absolute atomic E-state index is 0.167. The lowest BCUT2D eigenvalue weighted by Gasteiger charge is -2.14. The lowest BCUT2D eigenvalue weighted by atomic mass is 10.2. The van der Waals surface area contributed by atoms with Crippen LogP contribution in [0, 0.1) is 0 Å². The van der Waals surface area contributed by atoms with E-state index in [1.54, 1.807) is 23.1 Å². The van der Waals surface area contributed by atoms with Gasteiger partial charge in [-0.05, 0) is 17.7 Å². The summed E-state index contributed by atoms with van der Waals surface area (Å²) in [4.78, 5) is 3.81. The molecule has 1 aromatic heterocycles. The molecular formula is C9H11N5O3S. The molecule has 0 amide bonds. The number of hydrogen-bond acceptors (Lipinski definition) is 5. The number of hydrogen-bond donors (Lipinski definition) is 2. The van der Waals surface area contributed by atoms with Gasteiger partial charge in [0.25, 0.3) is 0 Å². The monoisotopic (exact) mass is 269 g/mol. The molecule has 1 aromatic carbocycles. The molecule has 3 N–H and O–H groups in total. The Hall–Kier alpha value is -1.97. The van der Waals surface area contributed by atoms with Crippen molar-refractivity contribution in [2.24, 2.45) is 5.84 Å². The number of nitrogens with zero attached hydrogens (tertiary/aromatic N) is 4. The third kappa shape index (κ3) is 2.83. The molecule has 2 aromatic rings. The van der Waals surface area contributed by atoms with Crippen LogP contribution >= 0.6 is 0 Å². The van der Waals surface area contributed by atoms with Gasteiger partial charge in [0.05, 0.1) is 12.2 Å². The van der Waals surface area contributed by atoms with E-state index in [-0.39, 0.29) is 5.69 Å². The third-order valence-corrected chi connectivity index (χ3v) is 2.96. The van der Waals surface area contributed by atoms with E-state index in [1.165, 1.54) is 18.5 Å². The van der Waals surface area contributed by atoms with Crippen LogP contribution in [0.2, 0.25) is 0 Å². The van der Waals surface area contributed by atoms with Gasteiger partial charge in [0, 0.05) is 0 Å². The Morgan fingerprint density at radius 2 is 2.00 bits per heavy atom. The van der Waals surface area contributed by atoms with Crippen molar-refractivity contribution in [2.75, 3.05) is 4.41 Å². The van der Waals surface area contributed by atoms with Crippen LogP contribution < -0.4 is 10.3 Å². The Kier molecular flexibility index (Phi) is 3.28. The Morgan fingerprint density at radius 1 is 1.33 bits per heavy atom. The van der Waals surface area contributed by atoms with Crippen LogP contribution in [0.5, 0.6) is 0 Å². The fraction of sp³-hybridized carbons (Fsp3) is 0.111. The fourth-order valence-corrected chi connectivity index (χ4v) is 1.77. The lowest BCUT2D eigenvalue weighted by molar-refractivity contribution is 0.478. The molecule has 0 unspecified atom stereocenters. The molecule has 2 rings (SSSR count). The fourth-order valence-electron chi connectivity index (χ4n) is 1.38. The average molecular weight is 269 g/mol. The summed E-state index contributed by atoms with van der Waals surface area (Å²) in [6.45, 7) is 0.511. The molecular weight excluding hydrogens is 258 g/mol. The highest BCUT2D eigenvalue weighted by Gasteiger charge is 2.14. The largest absolute Gasteiger partial charge is 0.373 e. The van der Waals surface area contributed by atoms with Gasteiger partial charge in [0.2, 0.25) is 0 Å². The first-order valence-corrected chi connectivity index (χ1v) is 6.30. The minimum Gasteiger partial charge on any atom is -0.268 e. The van der Waals surface area contributed by atoms with Gasteiger partial charge in [0.1, 0.15) is 12.7 Å². The topological polar surface area (TPSA) is 114 Å². The maximum atomic E-state index is 10.8. The van der Waals surface area contributed by atoms with Crippen molar-refractivity contribution >= 4 is 16.0 Å². The molecule has 0 aliphatic rings. The van der Waals surface area contributed by atoms with Crippen LogP contribution in [-0.2, 0) is 16.8 Å². The Morgan fingerprint density at radius 3 is 2.50 bits per heavy atom. The molecule has 0 saturated heterocycles. The molecule has 0 atom stereocenters. The average Bonchev–Trinajstić information content (AvgIpc) is 2.81. The molecule has 0 aliphatic heterocycles. The third-order valence-electron chi connectivity index (χ3n) is 2.25. The van der Waals surface area contributed by atoms with Gasteiger partial charge < -0.3 is 0 Å². The first kappa shape index (κ1) is 12.5. The maximum Gasteiger partial charge on any atom is 0.373 e. The van der Waals surface area contributed by atoms with Gasteiger partial charge >= 0.3 is 10.3 Å². The highest BCUT2D eigenvalue weighted by molar-refractivity contribution is 7.87. The summed E-state index contributed by atoms with van der Waals surface area (Å²) in [5, 5.41) is 3.94. The lowest BCUT2D eigenvalue weighted by Crippen LogP contribution is -2.36. The van der Waals surface area contributed by atoms with Crippen LogP contribution in [0.4, 0.5) is 5.69 Å². The summed E-state index contributed by atoms with van der Waals surface area (Å²) >= 11 is 0. The van der Waals surface area contributed by atoms with E-state index < -0.39 is 10.3 Å². The number of benzene rings is 1. The molecule has 18 heavy (non-hydrogen) atoms. The SMILES string of the molecule is NN(c1ccc(Cn2cncn2)cc1)S(=O)(=O)O. The number of rotatable bonds is 4. The van der Waals surface area contributed by atoms with Gasteiger partial charge in [-0.3, -0.25) is 4.55 Å². The molecule has 0 radical (unpaired) electrons. The summed E-state index contributed by atoms with van der Waals surface area (Å²) in [6.07, 6.45) is 3.00. The maximum absolute atomic E-state index is 10.8. The van der Waals surface area contributed by atoms with Crippen molar-refractivity contribution < 1.29 is 13.0 Å². The van der Waals surface area contributed by atoms with Crippen molar-refractivity contribution in [1.29, 1.82) is 0 Å². The van der Waals surface area contributed by atoms with E-state index >= 15 is 0 Å². The molecule has 0 bridgehead atoms. The van der Waals surface area contributed by atoms with Crippen molar-refractivity contribution in [3.05, 3.63) is 42.5 Å². The molecule has 0 aliphatic carbocycles. The Balaban J connectivity index is 2.15. The first-order chi connectivity index (χ1) is 8.47. The minimum atomic E-state index is -4.44. The number of aromatic nitrogens is 3. The molecule has 0 spiro atoms. The summed E-state index contributed by atoms with van der Waals surface area (Å²) < 4.78 is 32.3. The standard InChI is InChI=1S/C9H11N5O3S/c10-14(18(15,16)17)9-3-1-8(2-4-9)5-13-7-11-6-12-13/h1-4,6-7H,5,10H2,(H,15,16,17). The van der Waals surface area contributed by atoms with Crippen molar-refractivity contribution in [2.45, 2.75) is 6.54 Å². The number of anilines is 1. The summed E-state index contributed by atoms with van der Waals surface area (Å²) in [6, 6.07) is 6.34.